The van der Waals surface area contributed by atoms with Gasteiger partial charge in [-0.1, -0.05) is 27.7 Å². The number of carbonyl (C=O) groups excluding carboxylic acids is 1. The summed E-state index contributed by atoms with van der Waals surface area (Å²) in [4.78, 5) is 34.0. The number of methoxy groups -OCH3 is 1. The smallest absolute Gasteiger partial charge is 0.414 e. The van der Waals surface area contributed by atoms with Crippen LogP contribution >= 0.6 is 0 Å². The van der Waals surface area contributed by atoms with Gasteiger partial charge < -0.3 is 28.7 Å². The van der Waals surface area contributed by atoms with E-state index in [1.807, 2.05) is 26.8 Å². The predicted molar refractivity (Wildman–Crippen MR) is 202 cm³/mol. The molecule has 0 bridgehead atoms. The van der Waals surface area contributed by atoms with Crippen molar-refractivity contribution in [3.8, 4) is 23.2 Å². The molecule has 0 radical (unpaired) electrons. The van der Waals surface area contributed by atoms with Gasteiger partial charge in [-0.15, -0.1) is 0 Å². The molecule has 0 aliphatic carbocycles. The molecule has 5 rings (SSSR count). The summed E-state index contributed by atoms with van der Waals surface area (Å²) in [6, 6.07) is 7.90. The number of hydrogen-bond acceptors (Lipinski definition) is 12. The number of nitrogens with zero attached hydrogens (tertiary/aromatic N) is 6. The molecule has 3 aromatic rings. The quantitative estimate of drug-likeness (QED) is 0.153. The Balaban J connectivity index is 1.52. The number of benzene rings is 1. The molecule has 4 heterocycles. The molecule has 1 N–H and O–H groups in total. The van der Waals surface area contributed by atoms with Gasteiger partial charge in [-0.3, -0.25) is 4.90 Å². The highest BCUT2D eigenvalue weighted by atomic mass is 28.4. The van der Waals surface area contributed by atoms with E-state index in [2.05, 4.69) is 62.1 Å². The third-order valence-electron chi connectivity index (χ3n) is 9.91. The lowest BCUT2D eigenvalue weighted by molar-refractivity contribution is 0.0575. The van der Waals surface area contributed by atoms with E-state index in [0.29, 0.717) is 85.4 Å². The van der Waals surface area contributed by atoms with Gasteiger partial charge in [-0.05, 0) is 75.5 Å². The first-order valence-corrected chi connectivity index (χ1v) is 20.8. The fourth-order valence-electron chi connectivity index (χ4n) is 5.93. The Morgan fingerprint density at radius 1 is 1.12 bits per heavy atom. The molecule has 1 fully saturated rings. The summed E-state index contributed by atoms with van der Waals surface area (Å²) in [6.07, 6.45) is 4.53. The number of aromatic nitrogens is 4. The van der Waals surface area contributed by atoms with Gasteiger partial charge in [-0.2, -0.15) is 10.2 Å². The molecule has 1 saturated heterocycles. The molecule has 280 valence electrons. The van der Waals surface area contributed by atoms with E-state index >= 15 is 0 Å². The number of hydrogen-bond donors (Lipinski definition) is 1. The number of nitriles is 1. The van der Waals surface area contributed by atoms with Crippen LogP contribution in [0.15, 0.2) is 30.6 Å². The summed E-state index contributed by atoms with van der Waals surface area (Å²) in [5.74, 6) is 1.58. The average Bonchev–Trinajstić information content (AvgIpc) is 3.40. The number of fused-ring (bicyclic) bond motifs is 1. The van der Waals surface area contributed by atoms with Crippen molar-refractivity contribution in [3.05, 3.63) is 47.5 Å². The molecule has 1 aromatic carbocycles. The molecular weight excluding hydrogens is 679 g/mol. The Hall–Kier alpha value is -4.16. The van der Waals surface area contributed by atoms with Crippen molar-refractivity contribution >= 4 is 31.7 Å². The highest BCUT2D eigenvalue weighted by Crippen LogP contribution is 2.47. The van der Waals surface area contributed by atoms with Crippen LogP contribution in [0.25, 0.3) is 11.3 Å². The number of anilines is 3. The highest BCUT2D eigenvalue weighted by molar-refractivity contribution is 6.74. The van der Waals surface area contributed by atoms with E-state index < -0.39 is 25.4 Å². The Morgan fingerprint density at radius 2 is 1.85 bits per heavy atom. The fourth-order valence-corrected chi connectivity index (χ4v) is 7.05. The minimum Gasteiger partial charge on any atom is -0.474 e. The molecule has 14 heteroatoms. The van der Waals surface area contributed by atoms with Crippen LogP contribution in [0.2, 0.25) is 18.1 Å². The van der Waals surface area contributed by atoms with E-state index in [0.717, 1.165) is 18.4 Å². The Kier molecular flexibility index (Phi) is 11.6. The van der Waals surface area contributed by atoms with Gasteiger partial charge in [0, 0.05) is 56.6 Å². The number of carbonyl (C=O) groups is 1. The van der Waals surface area contributed by atoms with Gasteiger partial charge in [0.15, 0.2) is 8.32 Å². The van der Waals surface area contributed by atoms with E-state index in [-0.39, 0.29) is 11.0 Å². The first kappa shape index (κ1) is 39.1. The molecule has 13 nitrogen and oxygen atoms in total. The molecule has 1 atom stereocenters. The monoisotopic (exact) mass is 731 g/mol. The number of rotatable bonds is 11. The summed E-state index contributed by atoms with van der Waals surface area (Å²) in [6.45, 7) is 21.3. The second-order valence-electron chi connectivity index (χ2n) is 16.3. The SMILES string of the molecule is COCCOc1nc(C2CCOCC2)ncc1Nc1nccc(-c2cc(C#N)c3c(c2)[C@@](C)(CO[Si](C)(C)C(C)(C)C)CN3C(=O)OC(C)(C)C)n1. The summed E-state index contributed by atoms with van der Waals surface area (Å²) in [5, 5.41) is 13.7. The van der Waals surface area contributed by atoms with Crippen molar-refractivity contribution in [2.45, 2.75) is 96.4 Å². The first-order valence-electron chi connectivity index (χ1n) is 17.8. The first-order chi connectivity index (χ1) is 24.4. The summed E-state index contributed by atoms with van der Waals surface area (Å²) in [7, 11) is -0.547. The van der Waals surface area contributed by atoms with Crippen molar-refractivity contribution in [3.63, 3.8) is 0 Å². The third kappa shape index (κ3) is 8.89. The van der Waals surface area contributed by atoms with Crippen LogP contribution in [0.4, 0.5) is 22.1 Å². The Bertz CT molecular complexity index is 1800. The molecule has 1 amide bonds. The lowest BCUT2D eigenvalue weighted by atomic mass is 9.83. The lowest BCUT2D eigenvalue weighted by Crippen LogP contribution is -2.46. The molecule has 52 heavy (non-hydrogen) atoms. The number of ether oxygens (including phenoxy) is 4. The van der Waals surface area contributed by atoms with Crippen molar-refractivity contribution in [2.24, 2.45) is 0 Å². The van der Waals surface area contributed by atoms with Crippen LogP contribution in [0.3, 0.4) is 0 Å². The van der Waals surface area contributed by atoms with Crippen LogP contribution in [-0.4, -0.2) is 86.6 Å². The maximum absolute atomic E-state index is 13.6. The van der Waals surface area contributed by atoms with Crippen LogP contribution < -0.4 is 15.0 Å². The van der Waals surface area contributed by atoms with Gasteiger partial charge in [0.25, 0.3) is 0 Å². The molecule has 0 saturated carbocycles. The molecule has 2 aliphatic rings. The fraction of sp³-hybridized carbons (Fsp3) is 0.579. The van der Waals surface area contributed by atoms with Crippen LogP contribution in [0, 0.1) is 11.3 Å². The molecule has 0 spiro atoms. The van der Waals surface area contributed by atoms with Crippen molar-refractivity contribution in [2.75, 3.05) is 56.9 Å². The van der Waals surface area contributed by atoms with Crippen molar-refractivity contribution in [1.29, 1.82) is 5.26 Å². The van der Waals surface area contributed by atoms with Gasteiger partial charge in [-0.25, -0.2) is 19.7 Å². The second kappa shape index (κ2) is 15.4. The maximum atomic E-state index is 13.6. The van der Waals surface area contributed by atoms with Crippen LogP contribution in [0.1, 0.15) is 84.2 Å². The van der Waals surface area contributed by atoms with Gasteiger partial charge in [0.1, 0.15) is 29.8 Å². The maximum Gasteiger partial charge on any atom is 0.414 e. The normalized spacial score (nSPS) is 18.1. The zero-order valence-electron chi connectivity index (χ0n) is 32.3. The van der Waals surface area contributed by atoms with Crippen molar-refractivity contribution in [1.82, 2.24) is 19.9 Å². The van der Waals surface area contributed by atoms with Gasteiger partial charge >= 0.3 is 6.09 Å². The predicted octanol–water partition coefficient (Wildman–Crippen LogP) is 7.50. The van der Waals surface area contributed by atoms with Crippen LogP contribution in [-0.2, 0) is 24.1 Å². The zero-order chi connectivity index (χ0) is 37.9. The van der Waals surface area contributed by atoms with E-state index in [9.17, 15) is 10.1 Å². The van der Waals surface area contributed by atoms with Crippen LogP contribution in [0.5, 0.6) is 5.88 Å². The molecule has 2 aliphatic heterocycles. The van der Waals surface area contributed by atoms with Gasteiger partial charge in [0.2, 0.25) is 11.8 Å². The van der Waals surface area contributed by atoms with E-state index in [1.54, 1.807) is 36.5 Å². The van der Waals surface area contributed by atoms with Gasteiger partial charge in [0.05, 0.1) is 29.7 Å². The number of amides is 1. The standard InChI is InChI=1S/C38H53N7O6Si/c1-36(2,3)51-35(46)45-23-38(7,24-50-52(9,10)37(4,5)6)28-20-26(19-27(21-39)31(28)45)29-11-14-40-34(42-29)43-30-22-41-32(25-12-15-48-16-13-25)44-33(30)49-18-17-47-8/h11,14,19-20,22,25H,12-13,15-18,23-24H2,1-10H3,(H,40,42,43)/t38-/m1/s1. The molecule has 0 unspecified atom stereocenters. The highest BCUT2D eigenvalue weighted by Gasteiger charge is 2.47. The Labute approximate surface area is 308 Å². The third-order valence-corrected chi connectivity index (χ3v) is 14.4. The number of nitrogens with one attached hydrogen (secondary N) is 1. The van der Waals surface area contributed by atoms with E-state index in [1.165, 1.54) is 0 Å². The van der Waals surface area contributed by atoms with Crippen molar-refractivity contribution < 1.29 is 28.2 Å². The topological polar surface area (TPSA) is 154 Å². The zero-order valence-corrected chi connectivity index (χ0v) is 33.3. The average molecular weight is 732 g/mol. The summed E-state index contributed by atoms with van der Waals surface area (Å²) >= 11 is 0. The molecular formula is C38H53N7O6Si. The minimum absolute atomic E-state index is 0.00938. The minimum atomic E-state index is -2.16. The summed E-state index contributed by atoms with van der Waals surface area (Å²) < 4.78 is 29.3. The Morgan fingerprint density at radius 3 is 2.50 bits per heavy atom. The summed E-state index contributed by atoms with van der Waals surface area (Å²) in [5.41, 5.74) is 2.16. The lowest BCUT2D eigenvalue weighted by Gasteiger charge is -2.39. The second-order valence-corrected chi connectivity index (χ2v) is 21.1. The van der Waals surface area contributed by atoms with E-state index in [4.69, 9.17) is 33.3 Å². The largest absolute Gasteiger partial charge is 0.474 e. The molecule has 2 aromatic heterocycles.